The van der Waals surface area contributed by atoms with Crippen molar-refractivity contribution in [2.75, 3.05) is 25.6 Å². The van der Waals surface area contributed by atoms with Crippen LogP contribution in [0.15, 0.2) is 5.38 Å². The Morgan fingerprint density at radius 3 is 2.89 bits per heavy atom. The van der Waals surface area contributed by atoms with Crippen LogP contribution in [0.2, 0.25) is 0 Å². The van der Waals surface area contributed by atoms with Gasteiger partial charge in [0.15, 0.2) is 5.13 Å². The van der Waals surface area contributed by atoms with E-state index in [1.165, 1.54) is 18.3 Å². The third kappa shape index (κ3) is 5.24. The predicted molar refractivity (Wildman–Crippen MR) is 69.9 cm³/mol. The number of anilines is 1. The molecule has 100 valence electrons. The van der Waals surface area contributed by atoms with Crippen molar-refractivity contribution >= 4 is 28.3 Å². The molecule has 6 nitrogen and oxygen atoms in total. The molecule has 1 rings (SSSR count). The maximum atomic E-state index is 11.7. The first kappa shape index (κ1) is 14.6. The van der Waals surface area contributed by atoms with E-state index in [0.29, 0.717) is 24.0 Å². The first-order chi connectivity index (χ1) is 8.63. The van der Waals surface area contributed by atoms with Gasteiger partial charge in [-0.3, -0.25) is 9.59 Å². The van der Waals surface area contributed by atoms with Crippen molar-refractivity contribution in [2.45, 2.75) is 19.8 Å². The summed E-state index contributed by atoms with van der Waals surface area (Å²) in [4.78, 5) is 26.5. The summed E-state index contributed by atoms with van der Waals surface area (Å²) in [6.45, 7) is 2.69. The summed E-state index contributed by atoms with van der Waals surface area (Å²) in [5, 5.41) is 7.36. The molecule has 0 aliphatic heterocycles. The predicted octanol–water partition coefficient (Wildman–Crippen LogP) is 1.26. The van der Waals surface area contributed by atoms with E-state index in [9.17, 15) is 9.59 Å². The average molecular weight is 271 g/mol. The summed E-state index contributed by atoms with van der Waals surface area (Å²) in [6.07, 6.45) is 1.77. The minimum atomic E-state index is -0.222. The van der Waals surface area contributed by atoms with Gasteiger partial charge in [0.05, 0.1) is 0 Å². The Balaban J connectivity index is 2.33. The molecular weight excluding hydrogens is 254 g/mol. The highest BCUT2D eigenvalue weighted by atomic mass is 32.1. The number of rotatable bonds is 7. The van der Waals surface area contributed by atoms with Crippen LogP contribution < -0.4 is 10.6 Å². The fraction of sp³-hybridized carbons (Fsp3) is 0.545. The topological polar surface area (TPSA) is 80.3 Å². The number of aromatic nitrogens is 1. The average Bonchev–Trinajstić information content (AvgIpc) is 2.76. The van der Waals surface area contributed by atoms with Crippen LogP contribution in [0.4, 0.5) is 5.13 Å². The van der Waals surface area contributed by atoms with Gasteiger partial charge in [-0.2, -0.15) is 0 Å². The number of amides is 2. The van der Waals surface area contributed by atoms with Crippen LogP contribution in [0, 0.1) is 0 Å². The number of thiazole rings is 1. The lowest BCUT2D eigenvalue weighted by Crippen LogP contribution is -2.25. The van der Waals surface area contributed by atoms with Crippen molar-refractivity contribution in [3.05, 3.63) is 11.1 Å². The summed E-state index contributed by atoms with van der Waals surface area (Å²) in [7, 11) is 1.65. The molecule has 0 saturated heterocycles. The van der Waals surface area contributed by atoms with E-state index in [4.69, 9.17) is 4.74 Å². The summed E-state index contributed by atoms with van der Waals surface area (Å²) in [6, 6.07) is 0. The van der Waals surface area contributed by atoms with Crippen molar-refractivity contribution in [1.29, 1.82) is 0 Å². The number of ether oxygens (including phenoxy) is 1. The van der Waals surface area contributed by atoms with Crippen LogP contribution in [-0.4, -0.2) is 37.1 Å². The van der Waals surface area contributed by atoms with Gasteiger partial charge in [-0.1, -0.05) is 0 Å². The fourth-order valence-corrected chi connectivity index (χ4v) is 1.99. The summed E-state index contributed by atoms with van der Waals surface area (Å²) >= 11 is 1.23. The molecule has 1 heterocycles. The Morgan fingerprint density at radius 1 is 1.44 bits per heavy atom. The largest absolute Gasteiger partial charge is 0.385 e. The van der Waals surface area contributed by atoms with Gasteiger partial charge in [-0.25, -0.2) is 4.98 Å². The minimum Gasteiger partial charge on any atom is -0.385 e. The number of nitrogens with zero attached hydrogens (tertiary/aromatic N) is 1. The molecule has 0 atom stereocenters. The number of carbonyl (C=O) groups excluding carboxylic acids is 2. The van der Waals surface area contributed by atoms with Gasteiger partial charge in [0.2, 0.25) is 5.91 Å². The molecule has 0 bridgehead atoms. The Bertz CT molecular complexity index is 406. The Labute approximate surface area is 110 Å². The molecule has 0 aliphatic carbocycles. The zero-order valence-corrected chi connectivity index (χ0v) is 11.3. The zero-order valence-electron chi connectivity index (χ0n) is 10.5. The molecule has 0 aliphatic rings. The van der Waals surface area contributed by atoms with Crippen molar-refractivity contribution in [2.24, 2.45) is 0 Å². The van der Waals surface area contributed by atoms with Crippen LogP contribution in [0.25, 0.3) is 0 Å². The minimum absolute atomic E-state index is 0.198. The van der Waals surface area contributed by atoms with Crippen molar-refractivity contribution < 1.29 is 14.3 Å². The number of hydrogen-bond donors (Lipinski definition) is 2. The van der Waals surface area contributed by atoms with Crippen LogP contribution in [0.1, 0.15) is 30.3 Å². The molecule has 0 aromatic carbocycles. The summed E-state index contributed by atoms with van der Waals surface area (Å²) < 4.78 is 4.91. The highest BCUT2D eigenvalue weighted by Crippen LogP contribution is 2.14. The second kappa shape index (κ2) is 7.78. The van der Waals surface area contributed by atoms with E-state index in [-0.39, 0.29) is 11.8 Å². The highest BCUT2D eigenvalue weighted by molar-refractivity contribution is 7.14. The van der Waals surface area contributed by atoms with E-state index in [1.54, 1.807) is 12.5 Å². The van der Waals surface area contributed by atoms with E-state index in [1.807, 2.05) is 0 Å². The summed E-state index contributed by atoms with van der Waals surface area (Å²) in [5.41, 5.74) is 0.329. The van der Waals surface area contributed by atoms with Gasteiger partial charge in [-0.05, 0) is 12.8 Å². The maximum absolute atomic E-state index is 11.7. The van der Waals surface area contributed by atoms with Crippen molar-refractivity contribution in [3.63, 3.8) is 0 Å². The number of unbranched alkanes of at least 4 members (excludes halogenated alkanes) is 1. The van der Waals surface area contributed by atoms with Gasteiger partial charge < -0.3 is 15.4 Å². The van der Waals surface area contributed by atoms with Gasteiger partial charge in [0.1, 0.15) is 5.69 Å². The van der Waals surface area contributed by atoms with Crippen LogP contribution in [0.3, 0.4) is 0 Å². The van der Waals surface area contributed by atoms with Gasteiger partial charge in [0, 0.05) is 32.6 Å². The molecule has 2 N–H and O–H groups in total. The SMILES string of the molecule is COCCCCNC(=O)c1csc(NC(C)=O)n1. The van der Waals surface area contributed by atoms with E-state index < -0.39 is 0 Å². The number of carbonyl (C=O) groups is 2. The maximum Gasteiger partial charge on any atom is 0.270 e. The molecule has 0 unspecified atom stereocenters. The molecule has 0 saturated carbocycles. The molecule has 2 amide bonds. The van der Waals surface area contributed by atoms with Crippen molar-refractivity contribution in [1.82, 2.24) is 10.3 Å². The number of nitrogens with one attached hydrogen (secondary N) is 2. The van der Waals surface area contributed by atoms with E-state index >= 15 is 0 Å². The van der Waals surface area contributed by atoms with Crippen LogP contribution in [0.5, 0.6) is 0 Å². The first-order valence-electron chi connectivity index (χ1n) is 5.63. The molecule has 1 aromatic heterocycles. The Kier molecular flexibility index (Phi) is 6.31. The molecular formula is C11H17N3O3S. The Morgan fingerprint density at radius 2 is 2.22 bits per heavy atom. The highest BCUT2D eigenvalue weighted by Gasteiger charge is 2.10. The monoisotopic (exact) mass is 271 g/mol. The molecule has 18 heavy (non-hydrogen) atoms. The lowest BCUT2D eigenvalue weighted by atomic mass is 10.3. The molecule has 0 radical (unpaired) electrons. The molecule has 1 aromatic rings. The van der Waals surface area contributed by atoms with Crippen molar-refractivity contribution in [3.8, 4) is 0 Å². The second-order valence-corrected chi connectivity index (χ2v) is 4.53. The standard InChI is InChI=1S/C11H17N3O3S/c1-8(15)13-11-14-9(7-18-11)10(16)12-5-3-4-6-17-2/h7H,3-6H2,1-2H3,(H,12,16)(H,13,14,15). The van der Waals surface area contributed by atoms with E-state index in [2.05, 4.69) is 15.6 Å². The third-order valence-corrected chi connectivity index (χ3v) is 2.84. The first-order valence-corrected chi connectivity index (χ1v) is 6.51. The smallest absolute Gasteiger partial charge is 0.270 e. The van der Waals surface area contributed by atoms with Gasteiger partial charge in [0.25, 0.3) is 5.91 Å². The number of hydrogen-bond acceptors (Lipinski definition) is 5. The lowest BCUT2D eigenvalue weighted by Gasteiger charge is -2.02. The normalized spacial score (nSPS) is 10.1. The third-order valence-electron chi connectivity index (χ3n) is 2.08. The van der Waals surface area contributed by atoms with E-state index in [0.717, 1.165) is 12.8 Å². The van der Waals surface area contributed by atoms with Gasteiger partial charge in [-0.15, -0.1) is 11.3 Å². The van der Waals surface area contributed by atoms with Crippen LogP contribution in [-0.2, 0) is 9.53 Å². The molecule has 7 heteroatoms. The van der Waals surface area contributed by atoms with Crippen LogP contribution >= 0.6 is 11.3 Å². The second-order valence-electron chi connectivity index (χ2n) is 3.67. The lowest BCUT2D eigenvalue weighted by molar-refractivity contribution is -0.114. The Hall–Kier alpha value is -1.47. The zero-order chi connectivity index (χ0) is 13.4. The molecule has 0 spiro atoms. The van der Waals surface area contributed by atoms with Gasteiger partial charge >= 0.3 is 0 Å². The number of methoxy groups -OCH3 is 1. The molecule has 0 fully saturated rings. The fourth-order valence-electron chi connectivity index (χ4n) is 1.25. The quantitative estimate of drug-likeness (QED) is 0.732. The summed E-state index contributed by atoms with van der Waals surface area (Å²) in [5.74, 6) is -0.420.